The maximum Gasteiger partial charge on any atom is 0.307 e. The molecule has 0 atom stereocenters. The lowest BCUT2D eigenvalue weighted by molar-refractivity contribution is -0.146. The number of carbonyl (C=O) groups is 3. The molecule has 0 aliphatic heterocycles. The number of primary amides is 1. The van der Waals surface area contributed by atoms with Crippen molar-refractivity contribution in [3.63, 3.8) is 0 Å². The molecule has 26 heavy (non-hydrogen) atoms. The number of aryl methyl sites for hydroxylation is 2. The van der Waals surface area contributed by atoms with Crippen LogP contribution in [0.25, 0.3) is 0 Å². The maximum absolute atomic E-state index is 11.8. The molecule has 0 bridgehead atoms. The summed E-state index contributed by atoms with van der Waals surface area (Å²) in [6, 6.07) is 7.67. The number of nitrogens with one attached hydrogen (secondary N) is 1. The van der Waals surface area contributed by atoms with E-state index >= 15 is 0 Å². The molecule has 8 heteroatoms. The van der Waals surface area contributed by atoms with Crippen LogP contribution in [0.2, 0.25) is 0 Å². The molecule has 0 spiro atoms. The van der Waals surface area contributed by atoms with E-state index in [2.05, 4.69) is 18.3 Å². The molecule has 2 amide bonds. The zero-order chi connectivity index (χ0) is 19.1. The molecular formula is C18H20N2O4S2. The van der Waals surface area contributed by atoms with Gasteiger partial charge in [-0.05, 0) is 48.6 Å². The second-order valence-electron chi connectivity index (χ2n) is 5.58. The van der Waals surface area contributed by atoms with Crippen LogP contribution in [-0.4, -0.2) is 30.1 Å². The third-order valence-corrected chi connectivity index (χ3v) is 5.43. The van der Waals surface area contributed by atoms with E-state index in [0.717, 1.165) is 4.90 Å². The van der Waals surface area contributed by atoms with Crippen molar-refractivity contribution in [1.29, 1.82) is 0 Å². The quantitative estimate of drug-likeness (QED) is 0.531. The number of hydrogen-bond donors (Lipinski definition) is 2. The first-order valence-electron chi connectivity index (χ1n) is 7.89. The third kappa shape index (κ3) is 5.89. The van der Waals surface area contributed by atoms with Crippen LogP contribution >= 0.6 is 23.1 Å². The predicted molar refractivity (Wildman–Crippen MR) is 104 cm³/mol. The van der Waals surface area contributed by atoms with Gasteiger partial charge in [-0.25, -0.2) is 0 Å². The van der Waals surface area contributed by atoms with E-state index in [1.165, 1.54) is 28.5 Å². The van der Waals surface area contributed by atoms with Gasteiger partial charge in [-0.3, -0.25) is 14.4 Å². The number of amides is 2. The monoisotopic (exact) mass is 392 g/mol. The fourth-order valence-electron chi connectivity index (χ4n) is 2.04. The largest absolute Gasteiger partial charge is 0.456 e. The first kappa shape index (κ1) is 20.0. The summed E-state index contributed by atoms with van der Waals surface area (Å²) in [5, 5.41) is 4.51. The molecule has 2 aromatic rings. The molecule has 0 aliphatic carbocycles. The highest BCUT2D eigenvalue weighted by Crippen LogP contribution is 2.23. The van der Waals surface area contributed by atoms with E-state index in [9.17, 15) is 14.4 Å². The summed E-state index contributed by atoms with van der Waals surface area (Å²) >= 11 is 2.74. The van der Waals surface area contributed by atoms with Gasteiger partial charge in [-0.15, -0.1) is 23.1 Å². The van der Waals surface area contributed by atoms with Gasteiger partial charge in [0.1, 0.15) is 5.00 Å². The van der Waals surface area contributed by atoms with Gasteiger partial charge in [0.05, 0.1) is 12.0 Å². The topological polar surface area (TPSA) is 98.5 Å². The number of carbonyl (C=O) groups excluding carboxylic acids is 3. The van der Waals surface area contributed by atoms with E-state index in [1.807, 2.05) is 19.1 Å². The number of rotatable bonds is 8. The summed E-state index contributed by atoms with van der Waals surface area (Å²) < 4.78 is 4.96. The SMILES string of the molecule is Cc1ccc(SCCC(=O)OCC(=O)Nc2sccc2C(N)=O)cc1C. The van der Waals surface area contributed by atoms with Crippen LogP contribution in [0.5, 0.6) is 0 Å². The minimum absolute atomic E-state index is 0.205. The molecule has 6 nitrogen and oxygen atoms in total. The van der Waals surface area contributed by atoms with Gasteiger partial charge in [0.25, 0.3) is 11.8 Å². The van der Waals surface area contributed by atoms with Crippen molar-refractivity contribution in [3.8, 4) is 0 Å². The summed E-state index contributed by atoms with van der Waals surface area (Å²) in [6.07, 6.45) is 0.205. The number of nitrogens with two attached hydrogens (primary N) is 1. The van der Waals surface area contributed by atoms with E-state index in [0.29, 0.717) is 10.8 Å². The van der Waals surface area contributed by atoms with Crippen molar-refractivity contribution in [2.45, 2.75) is 25.2 Å². The van der Waals surface area contributed by atoms with Crippen LogP contribution in [0.1, 0.15) is 27.9 Å². The average Bonchev–Trinajstić information content (AvgIpc) is 3.04. The van der Waals surface area contributed by atoms with Crippen molar-refractivity contribution >= 4 is 45.9 Å². The Kier molecular flexibility index (Phi) is 7.23. The molecule has 0 aliphatic rings. The highest BCUT2D eigenvalue weighted by molar-refractivity contribution is 7.99. The lowest BCUT2D eigenvalue weighted by atomic mass is 10.1. The van der Waals surface area contributed by atoms with Crippen LogP contribution < -0.4 is 11.1 Å². The number of esters is 1. The first-order chi connectivity index (χ1) is 12.4. The first-order valence-corrected chi connectivity index (χ1v) is 9.76. The Bertz CT molecular complexity index is 817. The summed E-state index contributed by atoms with van der Waals surface area (Å²) in [5.74, 6) is -1.01. The standard InChI is InChI=1S/C18H20N2O4S2/c1-11-3-4-13(9-12(11)2)25-8-6-16(22)24-10-15(21)20-18-14(17(19)23)5-7-26-18/h3-5,7,9H,6,8,10H2,1-2H3,(H2,19,23)(H,20,21). The fourth-order valence-corrected chi connectivity index (χ4v) is 3.77. The molecule has 0 fully saturated rings. The summed E-state index contributed by atoms with van der Waals surface area (Å²) in [6.45, 7) is 3.70. The number of thiophene rings is 1. The van der Waals surface area contributed by atoms with Gasteiger partial charge in [-0.1, -0.05) is 6.07 Å². The highest BCUT2D eigenvalue weighted by Gasteiger charge is 2.14. The van der Waals surface area contributed by atoms with Crippen molar-refractivity contribution in [2.75, 3.05) is 17.7 Å². The van der Waals surface area contributed by atoms with Crippen molar-refractivity contribution in [1.82, 2.24) is 0 Å². The third-order valence-electron chi connectivity index (χ3n) is 3.60. The minimum Gasteiger partial charge on any atom is -0.456 e. The highest BCUT2D eigenvalue weighted by atomic mass is 32.2. The van der Waals surface area contributed by atoms with Crippen LogP contribution in [0.4, 0.5) is 5.00 Å². The molecule has 138 valence electrons. The lowest BCUT2D eigenvalue weighted by Gasteiger charge is -2.07. The predicted octanol–water partition coefficient (Wildman–Crippen LogP) is 3.13. The minimum atomic E-state index is -0.623. The number of thioether (sulfide) groups is 1. The molecule has 2 rings (SSSR count). The van der Waals surface area contributed by atoms with E-state index in [-0.39, 0.29) is 12.0 Å². The van der Waals surface area contributed by atoms with Crippen molar-refractivity contribution < 1.29 is 19.1 Å². The molecule has 1 aromatic carbocycles. The number of benzene rings is 1. The Morgan fingerprint density at radius 1 is 1.19 bits per heavy atom. The molecule has 0 unspecified atom stereocenters. The summed E-state index contributed by atoms with van der Waals surface area (Å²) in [5.41, 5.74) is 7.88. The number of ether oxygens (including phenoxy) is 1. The molecular weight excluding hydrogens is 372 g/mol. The van der Waals surface area contributed by atoms with Crippen LogP contribution in [0, 0.1) is 13.8 Å². The average molecular weight is 393 g/mol. The van der Waals surface area contributed by atoms with Crippen LogP contribution in [0.3, 0.4) is 0 Å². The molecule has 3 N–H and O–H groups in total. The molecule has 0 saturated heterocycles. The maximum atomic E-state index is 11.8. The molecule has 1 heterocycles. The molecule has 1 aromatic heterocycles. The van der Waals surface area contributed by atoms with Gasteiger partial charge in [0.15, 0.2) is 6.61 Å². The molecule has 0 saturated carbocycles. The Morgan fingerprint density at radius 3 is 2.65 bits per heavy atom. The lowest BCUT2D eigenvalue weighted by Crippen LogP contribution is -2.22. The van der Waals surface area contributed by atoms with Crippen molar-refractivity contribution in [3.05, 3.63) is 46.3 Å². The molecule has 0 radical (unpaired) electrons. The second kappa shape index (κ2) is 9.40. The van der Waals surface area contributed by atoms with E-state index in [1.54, 1.807) is 17.1 Å². The van der Waals surface area contributed by atoms with E-state index < -0.39 is 24.4 Å². The fraction of sp³-hybridized carbons (Fsp3) is 0.278. The Hall–Kier alpha value is -2.32. The van der Waals surface area contributed by atoms with Crippen molar-refractivity contribution in [2.24, 2.45) is 5.73 Å². The van der Waals surface area contributed by atoms with Gasteiger partial charge >= 0.3 is 5.97 Å². The number of anilines is 1. The normalized spacial score (nSPS) is 10.4. The Morgan fingerprint density at radius 2 is 1.96 bits per heavy atom. The zero-order valence-electron chi connectivity index (χ0n) is 14.5. The van der Waals surface area contributed by atoms with Gasteiger partial charge < -0.3 is 15.8 Å². The van der Waals surface area contributed by atoms with Crippen LogP contribution in [-0.2, 0) is 14.3 Å². The van der Waals surface area contributed by atoms with Gasteiger partial charge in [0, 0.05) is 10.6 Å². The zero-order valence-corrected chi connectivity index (χ0v) is 16.2. The van der Waals surface area contributed by atoms with E-state index in [4.69, 9.17) is 10.5 Å². The summed E-state index contributed by atoms with van der Waals surface area (Å²) in [7, 11) is 0. The Balaban J connectivity index is 1.71. The number of hydrogen-bond acceptors (Lipinski definition) is 6. The van der Waals surface area contributed by atoms with Crippen LogP contribution in [0.15, 0.2) is 34.5 Å². The smallest absolute Gasteiger partial charge is 0.307 e. The van der Waals surface area contributed by atoms with Gasteiger partial charge in [0.2, 0.25) is 0 Å². The Labute approximate surface area is 160 Å². The second-order valence-corrected chi connectivity index (χ2v) is 7.67. The van der Waals surface area contributed by atoms with Gasteiger partial charge in [-0.2, -0.15) is 0 Å². The summed E-state index contributed by atoms with van der Waals surface area (Å²) in [4.78, 5) is 35.9.